The molecular weight excluding hydrogens is 373 g/mol. The van der Waals surface area contributed by atoms with Crippen molar-refractivity contribution >= 4 is 29.0 Å². The van der Waals surface area contributed by atoms with Crippen LogP contribution < -0.4 is 5.32 Å². The molecule has 0 aliphatic carbocycles. The number of carbonyl (C=O) groups is 1. The Labute approximate surface area is 157 Å². The van der Waals surface area contributed by atoms with Crippen LogP contribution in [-0.4, -0.2) is 31.3 Å². The molecule has 0 aliphatic heterocycles. The molecule has 8 nitrogen and oxygen atoms in total. The van der Waals surface area contributed by atoms with E-state index >= 15 is 0 Å². The Morgan fingerprint density at radius 1 is 1.26 bits per heavy atom. The van der Waals surface area contributed by atoms with Gasteiger partial charge in [0.1, 0.15) is 11.5 Å². The highest BCUT2D eigenvalue weighted by molar-refractivity contribution is 8.00. The molecule has 2 N–H and O–H groups in total. The van der Waals surface area contributed by atoms with Crippen molar-refractivity contribution in [3.8, 4) is 11.4 Å². The Bertz CT molecular complexity index is 994. The van der Waals surface area contributed by atoms with Crippen LogP contribution in [0.5, 0.6) is 0 Å². The summed E-state index contributed by atoms with van der Waals surface area (Å²) in [7, 11) is 0. The zero-order valence-electron chi connectivity index (χ0n) is 14.0. The number of hydrogen-bond acceptors (Lipinski definition) is 6. The number of para-hydroxylation sites is 2. The minimum Gasteiger partial charge on any atom is -0.319 e. The summed E-state index contributed by atoms with van der Waals surface area (Å²) in [5.74, 6) is -0.624. The third-order valence-electron chi connectivity index (χ3n) is 3.60. The summed E-state index contributed by atoms with van der Waals surface area (Å²) >= 11 is 1.05. The molecule has 10 heteroatoms. The number of rotatable bonds is 6. The number of nitrogens with one attached hydrogen (secondary N) is 2. The fourth-order valence-electron chi connectivity index (χ4n) is 2.26. The van der Waals surface area contributed by atoms with Gasteiger partial charge in [0.2, 0.25) is 11.1 Å². The zero-order chi connectivity index (χ0) is 19.4. The van der Waals surface area contributed by atoms with Gasteiger partial charge >= 0.3 is 0 Å². The van der Waals surface area contributed by atoms with E-state index in [2.05, 4.69) is 20.5 Å². The van der Waals surface area contributed by atoms with Gasteiger partial charge in [-0.2, -0.15) is 0 Å². The van der Waals surface area contributed by atoms with Crippen molar-refractivity contribution in [2.45, 2.75) is 17.3 Å². The van der Waals surface area contributed by atoms with Crippen LogP contribution in [0.3, 0.4) is 0 Å². The van der Waals surface area contributed by atoms with Crippen LogP contribution in [0.15, 0.2) is 53.7 Å². The van der Waals surface area contributed by atoms with Gasteiger partial charge in [0.25, 0.3) is 5.69 Å². The van der Waals surface area contributed by atoms with Crippen LogP contribution >= 0.6 is 11.8 Å². The van der Waals surface area contributed by atoms with E-state index in [1.165, 1.54) is 24.3 Å². The summed E-state index contributed by atoms with van der Waals surface area (Å²) in [6.07, 6.45) is 0. The summed E-state index contributed by atoms with van der Waals surface area (Å²) in [4.78, 5) is 27.0. The van der Waals surface area contributed by atoms with Crippen LogP contribution in [0, 0.1) is 15.9 Å². The molecule has 27 heavy (non-hydrogen) atoms. The topological polar surface area (TPSA) is 114 Å². The number of nitro groups is 1. The molecular formula is C17H14FN5O3S. The monoisotopic (exact) mass is 387 g/mol. The predicted molar refractivity (Wildman–Crippen MR) is 98.8 cm³/mol. The number of anilines is 1. The fourth-order valence-corrected chi connectivity index (χ4v) is 2.98. The van der Waals surface area contributed by atoms with Crippen molar-refractivity contribution in [2.75, 3.05) is 5.32 Å². The molecule has 2 aromatic carbocycles. The highest BCUT2D eigenvalue weighted by Gasteiger charge is 2.21. The molecule has 3 aromatic rings. The van der Waals surface area contributed by atoms with Crippen LogP contribution in [0.2, 0.25) is 0 Å². The zero-order valence-corrected chi connectivity index (χ0v) is 14.9. The van der Waals surface area contributed by atoms with Crippen molar-refractivity contribution in [3.63, 3.8) is 0 Å². The average Bonchev–Trinajstić information content (AvgIpc) is 3.10. The fraction of sp³-hybridized carbons (Fsp3) is 0.118. The Hall–Kier alpha value is -3.27. The summed E-state index contributed by atoms with van der Waals surface area (Å²) in [6, 6.07) is 12.0. The average molecular weight is 387 g/mol. The SMILES string of the molecule is CC(Sc1n[nH]c(-c2ccccc2F)n1)C(=O)Nc1ccccc1[N+](=O)[O-]. The van der Waals surface area contributed by atoms with E-state index in [1.54, 1.807) is 31.2 Å². The van der Waals surface area contributed by atoms with Crippen LogP contribution in [0.1, 0.15) is 6.92 Å². The van der Waals surface area contributed by atoms with E-state index in [0.29, 0.717) is 0 Å². The molecule has 1 atom stereocenters. The molecule has 0 radical (unpaired) electrons. The molecule has 0 fully saturated rings. The number of H-pyrrole nitrogens is 1. The second kappa shape index (κ2) is 7.96. The standard InChI is InChI=1S/C17H14FN5O3S/c1-10(16(24)19-13-8-4-5-9-14(13)23(25)26)27-17-20-15(21-22-17)11-6-2-3-7-12(11)18/h2-10H,1H3,(H,19,24)(H,20,21,22). The lowest BCUT2D eigenvalue weighted by Crippen LogP contribution is -2.23. The lowest BCUT2D eigenvalue weighted by Gasteiger charge is -2.10. The number of halogens is 1. The quantitative estimate of drug-likeness (QED) is 0.379. The van der Waals surface area contributed by atoms with E-state index in [1.807, 2.05) is 0 Å². The third kappa shape index (κ3) is 4.29. The first-order chi connectivity index (χ1) is 13.0. The third-order valence-corrected chi connectivity index (χ3v) is 4.56. The highest BCUT2D eigenvalue weighted by atomic mass is 32.2. The van der Waals surface area contributed by atoms with Crippen molar-refractivity contribution < 1.29 is 14.1 Å². The van der Waals surface area contributed by atoms with Crippen LogP contribution in [0.25, 0.3) is 11.4 Å². The first kappa shape index (κ1) is 18.5. The first-order valence-corrected chi connectivity index (χ1v) is 8.72. The molecule has 1 aromatic heterocycles. The van der Waals surface area contributed by atoms with Gasteiger partial charge in [-0.3, -0.25) is 20.0 Å². The molecule has 0 bridgehead atoms. The summed E-state index contributed by atoms with van der Waals surface area (Å²) in [6.45, 7) is 1.62. The number of thioether (sulfide) groups is 1. The van der Waals surface area contributed by atoms with E-state index < -0.39 is 21.9 Å². The molecule has 1 amide bonds. The van der Waals surface area contributed by atoms with Gasteiger partial charge in [-0.15, -0.1) is 5.10 Å². The van der Waals surface area contributed by atoms with E-state index in [4.69, 9.17) is 0 Å². The maximum Gasteiger partial charge on any atom is 0.292 e. The number of hydrogen-bond donors (Lipinski definition) is 2. The van der Waals surface area contributed by atoms with Gasteiger partial charge in [0.05, 0.1) is 15.7 Å². The minimum atomic E-state index is -0.630. The normalized spacial score (nSPS) is 11.8. The van der Waals surface area contributed by atoms with E-state index in [9.17, 15) is 19.3 Å². The van der Waals surface area contributed by atoms with Gasteiger partial charge < -0.3 is 5.32 Å². The van der Waals surface area contributed by atoms with Gasteiger partial charge in [-0.05, 0) is 25.1 Å². The van der Waals surface area contributed by atoms with Gasteiger partial charge in [0, 0.05) is 6.07 Å². The molecule has 3 rings (SSSR count). The molecule has 1 heterocycles. The molecule has 0 saturated heterocycles. The van der Waals surface area contributed by atoms with Gasteiger partial charge in [0.15, 0.2) is 5.82 Å². The number of nitro benzene ring substituents is 1. The number of nitrogens with zero attached hydrogens (tertiary/aromatic N) is 3. The summed E-state index contributed by atoms with van der Waals surface area (Å²) in [5, 5.41) is 19.8. The Balaban J connectivity index is 1.69. The molecule has 138 valence electrons. The van der Waals surface area contributed by atoms with Crippen molar-refractivity contribution in [1.29, 1.82) is 0 Å². The first-order valence-electron chi connectivity index (χ1n) is 7.84. The maximum absolute atomic E-state index is 13.8. The Morgan fingerprint density at radius 2 is 1.96 bits per heavy atom. The summed E-state index contributed by atoms with van der Waals surface area (Å²) < 4.78 is 13.8. The van der Waals surface area contributed by atoms with Gasteiger partial charge in [-0.25, -0.2) is 9.37 Å². The minimum absolute atomic E-state index is 0.113. The van der Waals surface area contributed by atoms with Gasteiger partial charge in [-0.1, -0.05) is 36.0 Å². The number of benzene rings is 2. The number of aromatic amines is 1. The highest BCUT2D eigenvalue weighted by Crippen LogP contribution is 2.27. The van der Waals surface area contributed by atoms with Crippen LogP contribution in [-0.2, 0) is 4.79 Å². The van der Waals surface area contributed by atoms with E-state index in [-0.39, 0.29) is 27.9 Å². The lowest BCUT2D eigenvalue weighted by atomic mass is 10.2. The van der Waals surface area contributed by atoms with E-state index in [0.717, 1.165) is 11.8 Å². The predicted octanol–water partition coefficient (Wildman–Crippen LogP) is 3.64. The maximum atomic E-state index is 13.8. The summed E-state index contributed by atoms with van der Waals surface area (Å²) in [5.41, 5.74) is 0.193. The van der Waals surface area contributed by atoms with Crippen molar-refractivity contribution in [3.05, 3.63) is 64.5 Å². The molecule has 1 unspecified atom stereocenters. The lowest BCUT2D eigenvalue weighted by molar-refractivity contribution is -0.383. The number of amides is 1. The second-order valence-corrected chi connectivity index (χ2v) is 6.78. The van der Waals surface area contributed by atoms with Crippen LogP contribution in [0.4, 0.5) is 15.8 Å². The van der Waals surface area contributed by atoms with Crippen molar-refractivity contribution in [2.24, 2.45) is 0 Å². The number of carbonyl (C=O) groups excluding carboxylic acids is 1. The Kier molecular flexibility index (Phi) is 5.46. The smallest absolute Gasteiger partial charge is 0.292 e. The number of aromatic nitrogens is 3. The Morgan fingerprint density at radius 3 is 2.70 bits per heavy atom. The molecule has 0 aliphatic rings. The second-order valence-electron chi connectivity index (χ2n) is 5.47. The molecule has 0 spiro atoms. The largest absolute Gasteiger partial charge is 0.319 e. The molecule has 0 saturated carbocycles. The van der Waals surface area contributed by atoms with Crippen molar-refractivity contribution in [1.82, 2.24) is 15.2 Å².